The maximum Gasteiger partial charge on any atom is 0.357 e. The molecule has 6 nitrogen and oxygen atoms in total. The normalized spacial score (nSPS) is 11.6. The second-order valence-corrected chi connectivity index (χ2v) is 5.35. The van der Waals surface area contributed by atoms with Gasteiger partial charge in [-0.3, -0.25) is 5.43 Å². The minimum atomic E-state index is -1.34. The Balaban J connectivity index is 2.26. The van der Waals surface area contributed by atoms with Gasteiger partial charge in [-0.15, -0.1) is 0 Å². The van der Waals surface area contributed by atoms with Gasteiger partial charge in [-0.1, -0.05) is 35.3 Å². The highest BCUT2D eigenvalue weighted by atomic mass is 35.5. The van der Waals surface area contributed by atoms with Crippen LogP contribution >= 0.6 is 23.2 Å². The van der Waals surface area contributed by atoms with Crippen LogP contribution in [0.2, 0.25) is 10.0 Å². The summed E-state index contributed by atoms with van der Waals surface area (Å²) in [6, 6.07) is 12.0. The molecule has 2 rings (SSSR count). The summed E-state index contributed by atoms with van der Waals surface area (Å²) in [4.78, 5) is 10.8. The third-order valence-electron chi connectivity index (χ3n) is 2.88. The summed E-state index contributed by atoms with van der Waals surface area (Å²) in [6.45, 7) is 0. The molecule has 0 aliphatic heterocycles. The fourth-order valence-corrected chi connectivity index (χ4v) is 2.34. The van der Waals surface area contributed by atoms with Crippen LogP contribution in [-0.2, 0) is 4.79 Å². The lowest BCUT2D eigenvalue weighted by Crippen LogP contribution is -2.31. The Kier molecular flexibility index (Phi) is 5.33. The van der Waals surface area contributed by atoms with Crippen LogP contribution < -0.4 is 21.7 Å². The molecule has 0 amide bonds. The van der Waals surface area contributed by atoms with Crippen molar-refractivity contribution in [3.63, 3.8) is 0 Å². The maximum absolute atomic E-state index is 10.8. The van der Waals surface area contributed by atoms with Gasteiger partial charge in [0.2, 0.25) is 5.88 Å². The largest absolute Gasteiger partial charge is 0.476 e. The zero-order valence-corrected chi connectivity index (χ0v) is 13.2. The van der Waals surface area contributed by atoms with Crippen LogP contribution in [0.1, 0.15) is 0 Å². The molecule has 0 aromatic heterocycles. The maximum atomic E-state index is 10.8. The number of carbonyl (C=O) groups is 1. The van der Waals surface area contributed by atoms with Crippen molar-refractivity contribution in [2.75, 3.05) is 0 Å². The second kappa shape index (κ2) is 7.23. The first-order chi connectivity index (χ1) is 10.9. The zero-order valence-electron chi connectivity index (χ0n) is 11.7. The molecule has 0 saturated heterocycles. The minimum absolute atomic E-state index is 0.254. The highest BCUT2D eigenvalue weighted by Gasteiger charge is 2.12. The number of halogens is 2. The van der Waals surface area contributed by atoms with Gasteiger partial charge in [0.15, 0.2) is 5.70 Å². The van der Waals surface area contributed by atoms with Gasteiger partial charge >= 0.3 is 5.97 Å². The van der Waals surface area contributed by atoms with Gasteiger partial charge in [-0.25, -0.2) is 10.6 Å². The van der Waals surface area contributed by atoms with Crippen molar-refractivity contribution in [2.24, 2.45) is 11.6 Å². The van der Waals surface area contributed by atoms with E-state index in [1.54, 1.807) is 42.5 Å². The van der Waals surface area contributed by atoms with Crippen molar-refractivity contribution in [3.8, 4) is 16.9 Å². The summed E-state index contributed by atoms with van der Waals surface area (Å²) in [5.74, 6) is 3.97. The Hall–Kier alpha value is -2.41. The van der Waals surface area contributed by atoms with Gasteiger partial charge in [-0.05, 0) is 41.5 Å². The summed E-state index contributed by atoms with van der Waals surface area (Å²) in [5.41, 5.74) is 8.64. The van der Waals surface area contributed by atoms with Gasteiger partial charge in [0.25, 0.3) is 0 Å². The number of rotatable bonds is 5. The van der Waals surface area contributed by atoms with Gasteiger partial charge in [0.05, 0.1) is 0 Å². The number of hydrogen-bond acceptors (Lipinski definition) is 5. The molecule has 23 heavy (non-hydrogen) atoms. The van der Waals surface area contributed by atoms with Crippen molar-refractivity contribution in [3.05, 3.63) is 64.1 Å². The van der Waals surface area contributed by atoms with Crippen LogP contribution in [0.15, 0.2) is 54.0 Å². The quantitative estimate of drug-likeness (QED) is 0.284. The molecule has 0 fully saturated rings. The van der Waals surface area contributed by atoms with E-state index in [-0.39, 0.29) is 5.88 Å². The first kappa shape index (κ1) is 17.0. The Morgan fingerprint density at radius 2 is 1.61 bits per heavy atom. The third-order valence-corrected chi connectivity index (χ3v) is 3.31. The molecule has 0 unspecified atom stereocenters. The number of hydrogen-bond donors (Lipinski definition) is 4. The number of nitrogens with two attached hydrogens (primary N) is 2. The smallest absolute Gasteiger partial charge is 0.357 e. The average molecular weight is 354 g/mol. The van der Waals surface area contributed by atoms with Crippen molar-refractivity contribution >= 4 is 29.2 Å². The van der Waals surface area contributed by atoms with Crippen molar-refractivity contribution in [2.45, 2.75) is 0 Å². The fraction of sp³-hybridized carbons (Fsp3) is 0. The molecule has 0 spiro atoms. The van der Waals surface area contributed by atoms with Crippen molar-refractivity contribution in [1.82, 2.24) is 5.43 Å². The number of aliphatic carboxylic acids is 1. The molecule has 0 aliphatic rings. The molecule has 0 saturated carbocycles. The van der Waals surface area contributed by atoms with E-state index in [0.717, 1.165) is 11.1 Å². The number of nitrogens with one attached hydrogen (secondary N) is 1. The van der Waals surface area contributed by atoms with E-state index < -0.39 is 11.7 Å². The van der Waals surface area contributed by atoms with E-state index in [1.165, 1.54) is 0 Å². The van der Waals surface area contributed by atoms with Gasteiger partial charge in [-0.2, -0.15) is 0 Å². The van der Waals surface area contributed by atoms with Crippen molar-refractivity contribution < 1.29 is 14.6 Å². The lowest BCUT2D eigenvalue weighted by molar-refractivity contribution is -0.132. The molecule has 0 aliphatic carbocycles. The summed E-state index contributed by atoms with van der Waals surface area (Å²) in [6.07, 6.45) is 0. The van der Waals surface area contributed by atoms with E-state index >= 15 is 0 Å². The summed E-state index contributed by atoms with van der Waals surface area (Å²) in [5, 5.41) is 9.88. The molecule has 0 heterocycles. The highest BCUT2D eigenvalue weighted by molar-refractivity contribution is 6.35. The van der Waals surface area contributed by atoms with Crippen LogP contribution in [-0.4, -0.2) is 11.1 Å². The predicted octanol–water partition coefficient (Wildman–Crippen LogP) is 2.71. The molecule has 120 valence electrons. The van der Waals surface area contributed by atoms with E-state index in [2.05, 4.69) is 5.43 Å². The Bertz CT molecular complexity index is 741. The van der Waals surface area contributed by atoms with E-state index in [9.17, 15) is 4.79 Å². The highest BCUT2D eigenvalue weighted by Crippen LogP contribution is 2.28. The number of hydrazine groups is 1. The molecule has 2 aromatic rings. The van der Waals surface area contributed by atoms with Crippen LogP contribution in [0.3, 0.4) is 0 Å². The number of benzene rings is 2. The van der Waals surface area contributed by atoms with E-state index in [0.29, 0.717) is 15.8 Å². The minimum Gasteiger partial charge on any atom is -0.476 e. The Morgan fingerprint density at radius 3 is 2.09 bits per heavy atom. The topological polar surface area (TPSA) is 111 Å². The number of carboxylic acids is 1. The molecule has 6 N–H and O–H groups in total. The Labute approximate surface area is 142 Å². The summed E-state index contributed by atoms with van der Waals surface area (Å²) >= 11 is 12.0. The predicted molar refractivity (Wildman–Crippen MR) is 88.7 cm³/mol. The second-order valence-electron chi connectivity index (χ2n) is 4.48. The zero-order chi connectivity index (χ0) is 17.0. The molecular weight excluding hydrogens is 341 g/mol. The molecule has 2 aromatic carbocycles. The molecular formula is C15H13Cl2N3O3. The summed E-state index contributed by atoms with van der Waals surface area (Å²) in [7, 11) is 0. The lowest BCUT2D eigenvalue weighted by Gasteiger charge is -2.11. The number of ether oxygens (including phenoxy) is 1. The standard InChI is InChI=1S/C15H13Cl2N3O3/c16-10-5-9(6-11(17)7-10)8-1-3-12(4-2-8)23-14(20-19)13(18)15(21)22/h1-7,20H,18-19H2,(H,21,22)/b14-13+. The van der Waals surface area contributed by atoms with Crippen LogP contribution in [0.5, 0.6) is 5.75 Å². The molecule has 0 bridgehead atoms. The van der Waals surface area contributed by atoms with Crippen LogP contribution in [0.25, 0.3) is 11.1 Å². The average Bonchev–Trinajstić information content (AvgIpc) is 2.51. The van der Waals surface area contributed by atoms with Crippen LogP contribution in [0.4, 0.5) is 0 Å². The molecule has 0 radical (unpaired) electrons. The first-order valence-corrected chi connectivity index (χ1v) is 7.10. The van der Waals surface area contributed by atoms with Crippen LogP contribution in [0, 0.1) is 0 Å². The lowest BCUT2D eigenvalue weighted by atomic mass is 10.1. The first-order valence-electron chi connectivity index (χ1n) is 6.34. The van der Waals surface area contributed by atoms with E-state index in [1.807, 2.05) is 0 Å². The molecule has 8 heteroatoms. The third kappa shape index (κ3) is 4.29. The van der Waals surface area contributed by atoms with Crippen molar-refractivity contribution in [1.29, 1.82) is 0 Å². The van der Waals surface area contributed by atoms with Gasteiger partial charge < -0.3 is 15.6 Å². The fourth-order valence-electron chi connectivity index (χ4n) is 1.81. The molecule has 0 atom stereocenters. The number of carboxylic acid groups (broad SMARTS) is 1. The van der Waals surface area contributed by atoms with Gasteiger partial charge in [0.1, 0.15) is 5.75 Å². The Morgan fingerprint density at radius 1 is 1.04 bits per heavy atom. The van der Waals surface area contributed by atoms with E-state index in [4.69, 9.17) is 44.6 Å². The monoisotopic (exact) mass is 353 g/mol. The summed E-state index contributed by atoms with van der Waals surface area (Å²) < 4.78 is 5.31. The SMILES string of the molecule is NN/C(Oc1ccc(-c2cc(Cl)cc(Cl)c2)cc1)=C(\N)C(=O)O. The van der Waals surface area contributed by atoms with Gasteiger partial charge in [0, 0.05) is 10.0 Å².